The van der Waals surface area contributed by atoms with E-state index < -0.39 is 0 Å². The molecule has 0 radical (unpaired) electrons. The third-order valence-electron chi connectivity index (χ3n) is 4.24. The summed E-state index contributed by atoms with van der Waals surface area (Å²) < 4.78 is 0. The molecule has 0 fully saturated rings. The number of rotatable bonds is 4. The maximum Gasteiger partial charge on any atom is 0.0827 e. The Labute approximate surface area is 127 Å². The third kappa shape index (κ3) is 3.62. The van der Waals surface area contributed by atoms with Crippen LogP contribution in [0, 0.1) is 0 Å². The first-order valence-corrected chi connectivity index (χ1v) is 7.84. The van der Waals surface area contributed by atoms with Gasteiger partial charge < -0.3 is 5.11 Å². The van der Waals surface area contributed by atoms with Crippen LogP contribution < -0.4 is 0 Å². The fourth-order valence-corrected chi connectivity index (χ4v) is 2.98. The van der Waals surface area contributed by atoms with Gasteiger partial charge in [-0.15, -0.1) is 0 Å². The van der Waals surface area contributed by atoms with Crippen LogP contribution in [-0.2, 0) is 0 Å². The molecule has 1 aliphatic rings. The number of hydrogen-bond donors (Lipinski definition) is 1. The van der Waals surface area contributed by atoms with E-state index in [1.165, 1.54) is 36.0 Å². The predicted octanol–water partition coefficient (Wildman–Crippen LogP) is 5.28. The van der Waals surface area contributed by atoms with Crippen LogP contribution in [0.3, 0.4) is 0 Å². The van der Waals surface area contributed by atoms with Gasteiger partial charge in [0.1, 0.15) is 0 Å². The van der Waals surface area contributed by atoms with Gasteiger partial charge in [0.2, 0.25) is 0 Å². The first-order valence-electron chi connectivity index (χ1n) is 7.84. The number of benzene rings is 2. The molecular weight excluding hydrogens is 256 g/mol. The van der Waals surface area contributed by atoms with Crippen molar-refractivity contribution in [2.45, 2.75) is 38.2 Å². The van der Waals surface area contributed by atoms with Crippen LogP contribution in [0.25, 0.3) is 11.1 Å². The molecule has 1 aliphatic carbocycles. The van der Waals surface area contributed by atoms with E-state index >= 15 is 0 Å². The average Bonchev–Trinajstić information content (AvgIpc) is 2.57. The summed E-state index contributed by atoms with van der Waals surface area (Å²) in [5.41, 5.74) is 4.85. The fourth-order valence-electron chi connectivity index (χ4n) is 2.98. The summed E-state index contributed by atoms with van der Waals surface area (Å²) in [5.74, 6) is 0. The van der Waals surface area contributed by atoms with Crippen LogP contribution in [0.5, 0.6) is 0 Å². The molecule has 0 saturated carbocycles. The van der Waals surface area contributed by atoms with Gasteiger partial charge in [-0.1, -0.05) is 66.2 Å². The molecule has 0 aromatic heterocycles. The van der Waals surface area contributed by atoms with Crippen LogP contribution in [0.1, 0.15) is 43.8 Å². The van der Waals surface area contributed by atoms with Gasteiger partial charge in [0.05, 0.1) is 6.10 Å². The molecule has 3 rings (SSSR count). The van der Waals surface area contributed by atoms with E-state index in [-0.39, 0.29) is 6.10 Å². The predicted molar refractivity (Wildman–Crippen MR) is 88.0 cm³/mol. The minimum Gasteiger partial charge on any atom is -0.388 e. The van der Waals surface area contributed by atoms with Crippen LogP contribution in [0.15, 0.2) is 66.2 Å². The SMILES string of the molecule is OC(CC1=CCCCC1)c1ccc(-c2ccccc2)cc1. The topological polar surface area (TPSA) is 20.2 Å². The molecule has 108 valence electrons. The Morgan fingerprint density at radius 1 is 0.857 bits per heavy atom. The zero-order chi connectivity index (χ0) is 14.5. The molecule has 2 aromatic rings. The Morgan fingerprint density at radius 2 is 1.57 bits per heavy atom. The van der Waals surface area contributed by atoms with E-state index in [4.69, 9.17) is 0 Å². The third-order valence-corrected chi connectivity index (χ3v) is 4.24. The summed E-state index contributed by atoms with van der Waals surface area (Å²) in [6, 6.07) is 18.6. The van der Waals surface area contributed by atoms with Gasteiger partial charge in [-0.25, -0.2) is 0 Å². The standard InChI is InChI=1S/C20H22O/c21-20(15-16-7-3-1-4-8-16)19-13-11-18(12-14-19)17-9-5-2-6-10-17/h2,5-7,9-14,20-21H,1,3-4,8,15H2. The van der Waals surface area contributed by atoms with Gasteiger partial charge in [0, 0.05) is 0 Å². The Hall–Kier alpha value is -1.86. The molecule has 0 amide bonds. The van der Waals surface area contributed by atoms with Crippen molar-refractivity contribution in [3.8, 4) is 11.1 Å². The van der Waals surface area contributed by atoms with E-state index in [9.17, 15) is 5.11 Å². The fraction of sp³-hybridized carbons (Fsp3) is 0.300. The summed E-state index contributed by atoms with van der Waals surface area (Å²) in [4.78, 5) is 0. The minimum atomic E-state index is -0.376. The number of allylic oxidation sites excluding steroid dienone is 1. The maximum atomic E-state index is 10.4. The molecular formula is C20H22O. The van der Waals surface area contributed by atoms with Gasteiger partial charge in [-0.2, -0.15) is 0 Å². The highest BCUT2D eigenvalue weighted by Gasteiger charge is 2.12. The smallest absolute Gasteiger partial charge is 0.0827 e. The molecule has 0 heterocycles. The molecule has 1 unspecified atom stereocenters. The van der Waals surface area contributed by atoms with Crippen molar-refractivity contribution in [3.05, 3.63) is 71.8 Å². The lowest BCUT2D eigenvalue weighted by molar-refractivity contribution is 0.176. The lowest BCUT2D eigenvalue weighted by atomic mass is 9.92. The monoisotopic (exact) mass is 278 g/mol. The lowest BCUT2D eigenvalue weighted by Gasteiger charge is -2.17. The highest BCUT2D eigenvalue weighted by molar-refractivity contribution is 5.63. The van der Waals surface area contributed by atoms with E-state index in [2.05, 4.69) is 42.5 Å². The molecule has 1 nitrogen and oxygen atoms in total. The molecule has 21 heavy (non-hydrogen) atoms. The van der Waals surface area contributed by atoms with Crippen LogP contribution in [0.4, 0.5) is 0 Å². The molecule has 1 heteroatoms. The Morgan fingerprint density at radius 3 is 2.24 bits per heavy atom. The van der Waals surface area contributed by atoms with Gasteiger partial charge >= 0.3 is 0 Å². The van der Waals surface area contributed by atoms with Crippen molar-refractivity contribution in [1.82, 2.24) is 0 Å². The summed E-state index contributed by atoms with van der Waals surface area (Å²) in [6.07, 6.45) is 7.61. The van der Waals surface area contributed by atoms with E-state index in [1.807, 2.05) is 18.2 Å². The quantitative estimate of drug-likeness (QED) is 0.755. The number of aliphatic hydroxyl groups is 1. The summed E-state index contributed by atoms with van der Waals surface area (Å²) >= 11 is 0. The van der Waals surface area contributed by atoms with E-state index in [1.54, 1.807) is 0 Å². The zero-order valence-corrected chi connectivity index (χ0v) is 12.3. The Balaban J connectivity index is 1.70. The van der Waals surface area contributed by atoms with Crippen molar-refractivity contribution in [2.75, 3.05) is 0 Å². The number of aliphatic hydroxyl groups excluding tert-OH is 1. The first-order chi connectivity index (χ1) is 10.3. The molecule has 0 bridgehead atoms. The van der Waals surface area contributed by atoms with Gasteiger partial charge in [-0.3, -0.25) is 0 Å². The molecule has 0 saturated heterocycles. The Kier molecular flexibility index (Phi) is 4.52. The second-order valence-electron chi connectivity index (χ2n) is 5.82. The first kappa shape index (κ1) is 14.1. The molecule has 1 atom stereocenters. The average molecular weight is 278 g/mol. The van der Waals surface area contributed by atoms with Crippen molar-refractivity contribution in [2.24, 2.45) is 0 Å². The molecule has 2 aromatic carbocycles. The highest BCUT2D eigenvalue weighted by Crippen LogP contribution is 2.28. The van der Waals surface area contributed by atoms with Crippen molar-refractivity contribution >= 4 is 0 Å². The summed E-state index contributed by atoms with van der Waals surface area (Å²) in [6.45, 7) is 0. The lowest BCUT2D eigenvalue weighted by Crippen LogP contribution is -2.01. The normalized spacial score (nSPS) is 16.3. The van der Waals surface area contributed by atoms with Crippen molar-refractivity contribution in [1.29, 1.82) is 0 Å². The largest absolute Gasteiger partial charge is 0.388 e. The minimum absolute atomic E-state index is 0.376. The van der Waals surface area contributed by atoms with E-state index in [0.29, 0.717) is 0 Å². The summed E-state index contributed by atoms with van der Waals surface area (Å²) in [5, 5.41) is 10.4. The molecule has 1 N–H and O–H groups in total. The van der Waals surface area contributed by atoms with Crippen LogP contribution in [0.2, 0.25) is 0 Å². The molecule has 0 spiro atoms. The van der Waals surface area contributed by atoms with Crippen LogP contribution >= 0.6 is 0 Å². The van der Waals surface area contributed by atoms with E-state index in [0.717, 1.165) is 18.4 Å². The second kappa shape index (κ2) is 6.73. The van der Waals surface area contributed by atoms with Crippen molar-refractivity contribution in [3.63, 3.8) is 0 Å². The second-order valence-corrected chi connectivity index (χ2v) is 5.82. The maximum absolute atomic E-state index is 10.4. The van der Waals surface area contributed by atoms with Crippen LogP contribution in [-0.4, -0.2) is 5.11 Å². The van der Waals surface area contributed by atoms with Gasteiger partial charge in [0.25, 0.3) is 0 Å². The summed E-state index contributed by atoms with van der Waals surface area (Å²) in [7, 11) is 0. The Bertz CT molecular complexity index is 595. The van der Waals surface area contributed by atoms with Gasteiger partial charge in [-0.05, 0) is 48.8 Å². The zero-order valence-electron chi connectivity index (χ0n) is 12.3. The highest BCUT2D eigenvalue weighted by atomic mass is 16.3. The molecule has 0 aliphatic heterocycles. The number of hydrogen-bond acceptors (Lipinski definition) is 1. The van der Waals surface area contributed by atoms with Gasteiger partial charge in [0.15, 0.2) is 0 Å². The van der Waals surface area contributed by atoms with Crippen molar-refractivity contribution < 1.29 is 5.11 Å².